The number of carbonyl (C=O) groups excluding carboxylic acids is 1. The van der Waals surface area contributed by atoms with Crippen molar-refractivity contribution in [2.24, 2.45) is 0 Å². The summed E-state index contributed by atoms with van der Waals surface area (Å²) < 4.78 is 22.4. The molecule has 7 heteroatoms. The predicted molar refractivity (Wildman–Crippen MR) is 124 cm³/mol. The number of aryl methyl sites for hydroxylation is 1. The second-order valence-corrected chi connectivity index (χ2v) is 7.27. The molecule has 1 aromatic heterocycles. The molecule has 0 saturated carbocycles. The van der Waals surface area contributed by atoms with Crippen molar-refractivity contribution in [3.8, 4) is 23.0 Å². The number of hydrogen-bond donors (Lipinski definition) is 1. The predicted octanol–water partition coefficient (Wildman–Crippen LogP) is 4.60. The fraction of sp³-hybridized carbons (Fsp3) is 0.154. The Bertz CT molecular complexity index is 1330. The summed E-state index contributed by atoms with van der Waals surface area (Å²) in [6.45, 7) is 1.80. The summed E-state index contributed by atoms with van der Waals surface area (Å²) in [5.41, 5.74) is 0.938. The number of fused-ring (bicyclic) bond motifs is 1. The molecule has 7 nitrogen and oxygen atoms in total. The van der Waals surface area contributed by atoms with Crippen LogP contribution in [0.5, 0.6) is 23.0 Å². The molecular formula is C26H23NO6. The van der Waals surface area contributed by atoms with Gasteiger partial charge in [-0.25, -0.2) is 0 Å². The highest BCUT2D eigenvalue weighted by atomic mass is 16.5. The monoisotopic (exact) mass is 445 g/mol. The van der Waals surface area contributed by atoms with Crippen molar-refractivity contribution in [2.75, 3.05) is 13.7 Å². The summed E-state index contributed by atoms with van der Waals surface area (Å²) >= 11 is 0. The second kappa shape index (κ2) is 9.91. The number of para-hydroxylation sites is 2. The molecule has 168 valence electrons. The average molecular weight is 445 g/mol. The van der Waals surface area contributed by atoms with E-state index in [0.29, 0.717) is 40.5 Å². The zero-order valence-corrected chi connectivity index (χ0v) is 18.3. The molecule has 0 atom stereocenters. The van der Waals surface area contributed by atoms with Crippen LogP contribution in [0.3, 0.4) is 0 Å². The van der Waals surface area contributed by atoms with Gasteiger partial charge in [0.25, 0.3) is 5.91 Å². The lowest BCUT2D eigenvalue weighted by molar-refractivity contribution is -0.123. The second-order valence-electron chi connectivity index (χ2n) is 7.27. The largest absolute Gasteiger partial charge is 0.496 e. The van der Waals surface area contributed by atoms with Crippen molar-refractivity contribution in [1.29, 1.82) is 0 Å². The lowest BCUT2D eigenvalue weighted by Crippen LogP contribution is -2.28. The summed E-state index contributed by atoms with van der Waals surface area (Å²) in [5.74, 6) is 1.86. The van der Waals surface area contributed by atoms with E-state index in [1.807, 2.05) is 42.5 Å². The van der Waals surface area contributed by atoms with Crippen LogP contribution in [0.4, 0.5) is 0 Å². The number of methoxy groups -OCH3 is 1. The SMILES string of the molecule is COc1ccccc1CNC(=O)COc1ccc2c(=O)c(Oc3ccccc3)c(C)oc2c1. The molecular weight excluding hydrogens is 422 g/mol. The van der Waals surface area contributed by atoms with Gasteiger partial charge in [0.2, 0.25) is 11.2 Å². The number of nitrogens with one attached hydrogen (secondary N) is 1. The van der Waals surface area contributed by atoms with Gasteiger partial charge in [0.1, 0.15) is 28.6 Å². The van der Waals surface area contributed by atoms with Gasteiger partial charge in [-0.1, -0.05) is 36.4 Å². The normalized spacial score (nSPS) is 10.6. The molecule has 0 aliphatic rings. The summed E-state index contributed by atoms with van der Waals surface area (Å²) in [4.78, 5) is 25.1. The Kier molecular flexibility index (Phi) is 6.59. The van der Waals surface area contributed by atoms with Crippen molar-refractivity contribution in [1.82, 2.24) is 5.32 Å². The molecule has 0 spiro atoms. The Balaban J connectivity index is 1.43. The first-order valence-electron chi connectivity index (χ1n) is 10.4. The van der Waals surface area contributed by atoms with E-state index < -0.39 is 0 Å². The van der Waals surface area contributed by atoms with E-state index in [1.54, 1.807) is 44.4 Å². The lowest BCUT2D eigenvalue weighted by Gasteiger charge is -2.11. The molecule has 0 radical (unpaired) electrons. The fourth-order valence-corrected chi connectivity index (χ4v) is 3.33. The number of benzene rings is 3. The summed E-state index contributed by atoms with van der Waals surface area (Å²) in [6, 6.07) is 21.3. The molecule has 33 heavy (non-hydrogen) atoms. The highest BCUT2D eigenvalue weighted by Crippen LogP contribution is 2.27. The smallest absolute Gasteiger partial charge is 0.258 e. The van der Waals surface area contributed by atoms with Crippen LogP contribution in [0.2, 0.25) is 0 Å². The molecule has 0 fully saturated rings. The Morgan fingerprint density at radius 2 is 1.73 bits per heavy atom. The number of rotatable bonds is 8. The van der Waals surface area contributed by atoms with E-state index in [0.717, 1.165) is 5.56 Å². The van der Waals surface area contributed by atoms with Gasteiger partial charge in [0.15, 0.2) is 6.61 Å². The molecule has 1 amide bonds. The van der Waals surface area contributed by atoms with E-state index in [1.165, 1.54) is 0 Å². The van der Waals surface area contributed by atoms with Gasteiger partial charge in [-0.05, 0) is 37.3 Å². The third kappa shape index (κ3) is 5.15. The first-order chi connectivity index (χ1) is 16.0. The van der Waals surface area contributed by atoms with Gasteiger partial charge in [0.05, 0.1) is 12.5 Å². The van der Waals surface area contributed by atoms with Crippen molar-refractivity contribution in [2.45, 2.75) is 13.5 Å². The Morgan fingerprint density at radius 1 is 0.970 bits per heavy atom. The quantitative estimate of drug-likeness (QED) is 0.427. The number of hydrogen-bond acceptors (Lipinski definition) is 6. The first-order valence-corrected chi connectivity index (χ1v) is 10.4. The molecule has 0 aliphatic heterocycles. The Hall–Kier alpha value is -4.26. The van der Waals surface area contributed by atoms with Crippen LogP contribution >= 0.6 is 0 Å². The van der Waals surface area contributed by atoms with Crippen LogP contribution in [-0.4, -0.2) is 19.6 Å². The maximum atomic E-state index is 12.9. The van der Waals surface area contributed by atoms with Crippen LogP contribution < -0.4 is 25.0 Å². The fourth-order valence-electron chi connectivity index (χ4n) is 3.33. The molecule has 3 aromatic carbocycles. The maximum Gasteiger partial charge on any atom is 0.258 e. The van der Waals surface area contributed by atoms with Crippen molar-refractivity contribution < 1.29 is 23.4 Å². The van der Waals surface area contributed by atoms with Crippen LogP contribution in [0.1, 0.15) is 11.3 Å². The number of carbonyl (C=O) groups is 1. The van der Waals surface area contributed by atoms with Crippen LogP contribution in [0, 0.1) is 6.92 Å². The molecule has 1 heterocycles. The molecule has 0 bridgehead atoms. The number of ether oxygens (including phenoxy) is 3. The minimum atomic E-state index is -0.287. The molecule has 0 unspecified atom stereocenters. The molecule has 4 aromatic rings. The highest BCUT2D eigenvalue weighted by molar-refractivity contribution is 5.80. The number of amides is 1. The summed E-state index contributed by atoms with van der Waals surface area (Å²) in [7, 11) is 1.58. The van der Waals surface area contributed by atoms with E-state index in [9.17, 15) is 9.59 Å². The topological polar surface area (TPSA) is 87.0 Å². The van der Waals surface area contributed by atoms with Crippen molar-refractivity contribution in [3.05, 3.63) is 94.3 Å². The minimum absolute atomic E-state index is 0.137. The molecule has 1 N–H and O–H groups in total. The van der Waals surface area contributed by atoms with Crippen molar-refractivity contribution in [3.63, 3.8) is 0 Å². The summed E-state index contributed by atoms with van der Waals surface area (Å²) in [6.07, 6.45) is 0. The van der Waals surface area contributed by atoms with E-state index >= 15 is 0 Å². The molecule has 0 saturated heterocycles. The van der Waals surface area contributed by atoms with E-state index in [4.69, 9.17) is 18.6 Å². The van der Waals surface area contributed by atoms with Gasteiger partial charge in [-0.15, -0.1) is 0 Å². The van der Waals surface area contributed by atoms with Crippen molar-refractivity contribution >= 4 is 16.9 Å². The van der Waals surface area contributed by atoms with Gasteiger partial charge in [0, 0.05) is 18.2 Å². The highest BCUT2D eigenvalue weighted by Gasteiger charge is 2.15. The summed E-state index contributed by atoms with van der Waals surface area (Å²) in [5, 5.41) is 3.16. The lowest BCUT2D eigenvalue weighted by atomic mass is 10.2. The van der Waals surface area contributed by atoms with E-state index in [2.05, 4.69) is 5.32 Å². The third-order valence-corrected chi connectivity index (χ3v) is 4.99. The molecule has 4 rings (SSSR count). The Labute approximate surface area is 190 Å². The maximum absolute atomic E-state index is 12.9. The van der Waals surface area contributed by atoms with Crippen LogP contribution in [0.15, 0.2) is 82.0 Å². The Morgan fingerprint density at radius 3 is 2.52 bits per heavy atom. The standard InChI is InChI=1S/C26H23NO6/c1-17-26(33-19-9-4-3-5-10-19)25(29)21-13-12-20(14-23(21)32-17)31-16-24(28)27-15-18-8-6-7-11-22(18)30-2/h3-14H,15-16H2,1-2H3,(H,27,28). The zero-order chi connectivity index (χ0) is 23.2. The van der Waals surface area contributed by atoms with Crippen LogP contribution in [-0.2, 0) is 11.3 Å². The third-order valence-electron chi connectivity index (χ3n) is 4.99. The van der Waals surface area contributed by atoms with Crippen LogP contribution in [0.25, 0.3) is 11.0 Å². The first kappa shape index (κ1) is 22.0. The molecule has 0 aliphatic carbocycles. The van der Waals surface area contributed by atoms with Gasteiger partial charge in [-0.3, -0.25) is 9.59 Å². The zero-order valence-electron chi connectivity index (χ0n) is 18.3. The van der Waals surface area contributed by atoms with Gasteiger partial charge in [-0.2, -0.15) is 0 Å². The minimum Gasteiger partial charge on any atom is -0.496 e. The average Bonchev–Trinajstić information content (AvgIpc) is 2.84. The van der Waals surface area contributed by atoms with Gasteiger partial charge < -0.3 is 23.9 Å². The van der Waals surface area contributed by atoms with E-state index in [-0.39, 0.29) is 23.7 Å². The van der Waals surface area contributed by atoms with Gasteiger partial charge >= 0.3 is 0 Å².